The number of nitrogens with zero attached hydrogens (tertiary/aromatic N) is 3. The molecule has 0 unspecified atom stereocenters. The van der Waals surface area contributed by atoms with Crippen LogP contribution in [0.1, 0.15) is 123 Å². The molecule has 6 heterocycles. The average molecular weight is 1920 g/mol. The van der Waals surface area contributed by atoms with Crippen molar-refractivity contribution in [3.05, 3.63) is 85.4 Å². The first-order valence-electron chi connectivity index (χ1n) is 45.2. The van der Waals surface area contributed by atoms with E-state index in [1.54, 1.807) is 21.0 Å². The number of halogens is 1. The molecular formula is C89H127FN8O37. The monoisotopic (exact) mass is 1920 g/mol. The van der Waals surface area contributed by atoms with Crippen molar-refractivity contribution in [1.29, 1.82) is 0 Å². The van der Waals surface area contributed by atoms with Gasteiger partial charge in [0, 0.05) is 74.9 Å². The minimum absolute atomic E-state index is 0.0234. The van der Waals surface area contributed by atoms with Gasteiger partial charge in [0.15, 0.2) is 11.7 Å². The summed E-state index contributed by atoms with van der Waals surface area (Å²) in [5.41, 5.74) is 0.301. The lowest BCUT2D eigenvalue weighted by Crippen LogP contribution is -2.61. The zero-order chi connectivity index (χ0) is 96.7. The van der Waals surface area contributed by atoms with E-state index in [0.29, 0.717) is 178 Å². The molecule has 10 N–H and O–H groups in total. The second kappa shape index (κ2) is 59.5. The van der Waals surface area contributed by atoms with E-state index in [0.717, 1.165) is 0 Å². The Labute approximate surface area is 778 Å². The van der Waals surface area contributed by atoms with Crippen molar-refractivity contribution in [3.63, 3.8) is 0 Å². The van der Waals surface area contributed by atoms with Gasteiger partial charge in [0.2, 0.25) is 29.9 Å². The first-order chi connectivity index (χ1) is 65.4. The van der Waals surface area contributed by atoms with Gasteiger partial charge in [0.05, 0.1) is 252 Å². The van der Waals surface area contributed by atoms with Crippen molar-refractivity contribution in [3.8, 4) is 17.1 Å². The number of imide groups is 1. The molecule has 2 aromatic carbocycles. The number of carbonyl (C=O) groups excluding carboxylic acids is 9. The van der Waals surface area contributed by atoms with E-state index < -0.39 is 126 Å². The largest absolute Gasteiger partial charge is 0.479 e. The topological polar surface area (TPSA) is 564 Å². The first kappa shape index (κ1) is 109. The number of aliphatic hydroxyl groups excluding tert-OH is 3. The Morgan fingerprint density at radius 2 is 1.10 bits per heavy atom. The number of amides is 7. The van der Waals surface area contributed by atoms with E-state index in [1.807, 2.05) is 0 Å². The Balaban J connectivity index is 0.691. The number of nitrogens with one attached hydrogen (secondary N) is 5. The molecule has 1 aliphatic carbocycles. The number of alkyl carbamates (subject to hydrolysis) is 1. The van der Waals surface area contributed by atoms with Crippen LogP contribution in [-0.2, 0) is 170 Å². The summed E-state index contributed by atoms with van der Waals surface area (Å²) in [6.07, 6.45) is -10.8. The quantitative estimate of drug-likeness (QED) is 0.0145. The number of ether oxygens (including phenoxy) is 20. The van der Waals surface area contributed by atoms with Crippen LogP contribution >= 0.6 is 0 Å². The molecule has 45 nitrogen and oxygen atoms in total. The standard InChI is InChI=1S/C89H127FN8O37/c1-4-89(114)62-52-68-78-60(54-97(68)84(109)61(62)56-131-87(89)112)77-64(10-9-59-57(2)63(90)53-67(95-78)76(59)77)96-88(113)132-55-58-8-11-69(133-86-81(107)79(105)80(106)82(134-86)85(110)111)66(51-58)94-71(100)14-19-92-83(108)65(93-72(101)16-21-117-26-29-121-33-34-122-30-27-118-22-17-75(104)135-98-73(102)12-13-74(98)103)7-5-6-18-91-70(99)15-20-116-25-28-120-35-36-124-39-40-126-43-44-128-47-48-130-50-49-129-46-45-127-42-41-125-38-37-123-32-31-119-24-23-115-3/h8,11,51-53,64-65,79-82,86,105-107,114H,4-7,9-10,12-50,54-56H2,1-3H3,(H,91,99)(H,92,108)(H,93,101)(H,94,100)(H,96,113)(H,110,111)/t64-,65-,79-,80-,81+,82-,86+,89-/m0/s1. The third kappa shape index (κ3) is 35.1. The summed E-state index contributed by atoms with van der Waals surface area (Å²) in [5, 5.41) is 68.2. The number of anilines is 1. The summed E-state index contributed by atoms with van der Waals surface area (Å²) in [7, 11) is 1.62. The number of aliphatic carboxylic acids is 1. The summed E-state index contributed by atoms with van der Waals surface area (Å²) >= 11 is 0. The summed E-state index contributed by atoms with van der Waals surface area (Å²) in [5.74, 6) is -7.73. The van der Waals surface area contributed by atoms with E-state index in [2.05, 4.69) is 26.6 Å². The number of carbonyl (C=O) groups is 10. The lowest BCUT2D eigenvalue weighted by molar-refractivity contribution is -0.271. The number of carboxylic acids is 1. The number of carboxylic acid groups (broad SMARTS) is 1. The van der Waals surface area contributed by atoms with E-state index in [9.17, 15) is 78.3 Å². The van der Waals surface area contributed by atoms with Crippen LogP contribution in [0.2, 0.25) is 0 Å². The molecule has 2 saturated heterocycles. The third-order valence-corrected chi connectivity index (χ3v) is 21.8. The fourth-order valence-corrected chi connectivity index (χ4v) is 14.6. The molecule has 0 radical (unpaired) electrons. The van der Waals surface area contributed by atoms with Crippen molar-refractivity contribution in [2.24, 2.45) is 0 Å². The number of rotatable bonds is 70. The van der Waals surface area contributed by atoms with Crippen LogP contribution in [0, 0.1) is 12.7 Å². The zero-order valence-electron chi connectivity index (χ0n) is 76.4. The molecule has 46 heteroatoms. The number of fused-ring (bicyclic) bond motifs is 5. The lowest BCUT2D eigenvalue weighted by Gasteiger charge is -2.38. The highest BCUT2D eigenvalue weighted by Crippen LogP contribution is 2.46. The number of benzene rings is 2. The Kier molecular flexibility index (Phi) is 48.1. The van der Waals surface area contributed by atoms with Gasteiger partial charge in [0.25, 0.3) is 17.4 Å². The number of aromatic nitrogens is 2. The number of hydroxylamine groups is 2. The fraction of sp³-hybridized carbons (Fsp3) is 0.663. The van der Waals surface area contributed by atoms with Crippen LogP contribution in [0.3, 0.4) is 0 Å². The Hall–Kier alpha value is -9.61. The first-order valence-corrected chi connectivity index (χ1v) is 45.2. The molecule has 2 aromatic heterocycles. The molecule has 4 aromatic rings. The van der Waals surface area contributed by atoms with Gasteiger partial charge in [-0.1, -0.05) is 13.0 Å². The maximum atomic E-state index is 15.7. The second-order valence-corrected chi connectivity index (χ2v) is 31.3. The predicted octanol–water partition coefficient (Wildman–Crippen LogP) is 0.601. The van der Waals surface area contributed by atoms with Crippen LogP contribution in [0.15, 0.2) is 35.1 Å². The van der Waals surface area contributed by atoms with Crippen molar-refractivity contribution in [2.45, 2.75) is 159 Å². The number of unbranched alkanes of at least 4 members (excludes halogenated alkanes) is 1. The Bertz CT molecular complexity index is 4520. The molecule has 0 bridgehead atoms. The number of aliphatic hydroxyl groups is 4. The highest BCUT2D eigenvalue weighted by atomic mass is 19.1. The minimum atomic E-state index is -2.13. The van der Waals surface area contributed by atoms with Crippen LogP contribution in [0.5, 0.6) is 5.75 Å². The van der Waals surface area contributed by atoms with Gasteiger partial charge in [-0.3, -0.25) is 33.6 Å². The highest BCUT2D eigenvalue weighted by molar-refractivity contribution is 6.02. The predicted molar refractivity (Wildman–Crippen MR) is 465 cm³/mol. The highest BCUT2D eigenvalue weighted by Gasteiger charge is 2.49. The van der Waals surface area contributed by atoms with E-state index in [-0.39, 0.29) is 208 Å². The second-order valence-electron chi connectivity index (χ2n) is 31.3. The summed E-state index contributed by atoms with van der Waals surface area (Å²) in [6.45, 7) is 12.3. The maximum Gasteiger partial charge on any atom is 0.407 e. The van der Waals surface area contributed by atoms with Gasteiger partial charge in [-0.25, -0.2) is 28.6 Å². The lowest BCUT2D eigenvalue weighted by atomic mass is 9.81. The molecule has 135 heavy (non-hydrogen) atoms. The van der Waals surface area contributed by atoms with Gasteiger partial charge in [-0.15, -0.1) is 5.06 Å². The smallest absolute Gasteiger partial charge is 0.407 e. The van der Waals surface area contributed by atoms with Crippen molar-refractivity contribution >= 4 is 76.0 Å². The van der Waals surface area contributed by atoms with Gasteiger partial charge in [-0.05, 0) is 85.9 Å². The molecule has 9 rings (SSSR count). The molecule has 4 aliphatic heterocycles. The molecule has 2 fully saturated rings. The number of cyclic esters (lactones) is 1. The van der Waals surface area contributed by atoms with Crippen molar-refractivity contribution in [1.82, 2.24) is 35.9 Å². The SMILES string of the molecule is CC[C@@]1(O)C(=O)OCc2c1cc1n(c2=O)Cc2c-1nc1cc(F)c(C)c3c1c2[C@@H](NC(=O)OCc1ccc(O[C@@H]2O[C@H](C(=O)O)[C@@H](O)[C@H](O)[C@H]2O)c(NC(=O)CCNC(=O)[C@H](CCCCNC(=O)CCOCCOCCOCCOCCOCCOCCOCCOCCOCCOCCOCCOC)NC(=O)CCOCCOCCOCCOCCC(=O)ON2C(=O)CCC2=O)c1)CC3. The summed E-state index contributed by atoms with van der Waals surface area (Å²) in [4.78, 5) is 153. The number of hydrogen-bond acceptors (Lipinski definition) is 37. The van der Waals surface area contributed by atoms with Crippen LogP contribution in [-0.4, -0.2) is 361 Å². The van der Waals surface area contributed by atoms with E-state index in [4.69, 9.17) is 105 Å². The van der Waals surface area contributed by atoms with Gasteiger partial charge in [0.1, 0.15) is 49.1 Å². The third-order valence-electron chi connectivity index (χ3n) is 21.8. The Morgan fingerprint density at radius 1 is 0.585 bits per heavy atom. The normalized spacial score (nSPS) is 18.5. The number of hydrogen-bond donors (Lipinski definition) is 10. The minimum Gasteiger partial charge on any atom is -0.479 e. The van der Waals surface area contributed by atoms with E-state index >= 15 is 4.39 Å². The molecule has 0 saturated carbocycles. The molecule has 5 aliphatic rings. The number of esters is 1. The average Bonchev–Trinajstić information content (AvgIpc) is 1.55. The van der Waals surface area contributed by atoms with Gasteiger partial charge >= 0.3 is 24.0 Å². The zero-order valence-corrected chi connectivity index (χ0v) is 76.4. The summed E-state index contributed by atoms with van der Waals surface area (Å²) < 4.78 is 127. The number of methoxy groups -OCH3 is 1. The fourth-order valence-electron chi connectivity index (χ4n) is 14.6. The van der Waals surface area contributed by atoms with Crippen molar-refractivity contribution in [2.75, 3.05) is 230 Å². The number of aryl methyl sites for hydroxylation is 1. The maximum absolute atomic E-state index is 15.7. The van der Waals surface area contributed by atoms with Gasteiger partial charge < -0.3 is 156 Å². The molecule has 752 valence electrons. The van der Waals surface area contributed by atoms with Crippen LogP contribution in [0.4, 0.5) is 14.9 Å². The molecule has 8 atom stereocenters. The van der Waals surface area contributed by atoms with E-state index in [1.165, 1.54) is 34.9 Å². The Morgan fingerprint density at radius 3 is 1.63 bits per heavy atom. The molecular weight excluding hydrogens is 1790 g/mol. The summed E-state index contributed by atoms with van der Waals surface area (Å²) in [6, 6.07) is 4.76. The van der Waals surface area contributed by atoms with Gasteiger partial charge in [-0.2, -0.15) is 0 Å². The van der Waals surface area contributed by atoms with Crippen molar-refractivity contribution < 1.29 is 177 Å². The molecule has 0 spiro atoms. The van der Waals surface area contributed by atoms with Crippen LogP contribution < -0.4 is 36.9 Å². The number of pyridine rings is 2. The van der Waals surface area contributed by atoms with Crippen LogP contribution in [0.25, 0.3) is 22.3 Å². The molecule has 7 amide bonds.